The molecule has 0 bridgehead atoms. The fourth-order valence-corrected chi connectivity index (χ4v) is 1.48. The molecule has 0 saturated heterocycles. The number of hydrogen-bond acceptors (Lipinski definition) is 4. The average Bonchev–Trinajstić information content (AvgIpc) is 2.50. The van der Waals surface area contributed by atoms with Gasteiger partial charge >= 0.3 is 0 Å². The Morgan fingerprint density at radius 2 is 1.65 bits per heavy atom. The van der Waals surface area contributed by atoms with Crippen LogP contribution < -0.4 is 15.7 Å². The van der Waals surface area contributed by atoms with Crippen LogP contribution in [-0.2, 0) is 9.59 Å². The van der Waals surface area contributed by atoms with E-state index in [4.69, 9.17) is 0 Å². The van der Waals surface area contributed by atoms with Crippen molar-refractivity contribution in [1.29, 1.82) is 0 Å². The Labute approximate surface area is 127 Å². The third-order valence-electron chi connectivity index (χ3n) is 2.19. The van der Waals surface area contributed by atoms with Crippen LogP contribution in [0.15, 0.2) is 0 Å². The minimum atomic E-state index is -0.251. The number of nitrogens with one attached hydrogen (secondary N) is 3. The largest absolute Gasteiger partial charge is 0.354 e. The van der Waals surface area contributed by atoms with Gasteiger partial charge in [0, 0.05) is 25.9 Å². The fourth-order valence-electron chi connectivity index (χ4n) is 1.25. The number of Topliss-reactive ketones (excluding diaryl/α,β-unsaturated/α-hetero) is 1. The maximum Gasteiger partial charge on any atom is 0.238 e. The molecule has 3 N–H and O–H groups in total. The molecule has 0 saturated carbocycles. The Morgan fingerprint density at radius 1 is 1.10 bits per heavy atom. The summed E-state index contributed by atoms with van der Waals surface area (Å²) < 4.78 is 0. The molecular weight excluding hydrogens is 273 g/mol. The second-order valence-corrected chi connectivity index (χ2v) is 3.86. The topological polar surface area (TPSA) is 70.2 Å². The normalized spacial score (nSPS) is 10.3. The number of hydrogen-bond donors (Lipinski definition) is 3. The van der Waals surface area contributed by atoms with Crippen molar-refractivity contribution in [2.45, 2.75) is 60.4 Å². The third kappa shape index (κ3) is 15.5. The van der Waals surface area contributed by atoms with Gasteiger partial charge in [-0.25, -0.2) is 0 Å². The zero-order valence-corrected chi connectivity index (χ0v) is 15.2. The van der Waals surface area contributed by atoms with Gasteiger partial charge in [-0.15, -0.1) is 0 Å². The Kier molecular flexibility index (Phi) is 25.5. The van der Waals surface area contributed by atoms with Crippen LogP contribution in [0.3, 0.4) is 0 Å². The minimum absolute atomic E-state index is 0.0688. The third-order valence-corrected chi connectivity index (χ3v) is 2.42. The van der Waals surface area contributed by atoms with Crippen molar-refractivity contribution in [3.05, 3.63) is 0 Å². The average molecular weight is 307 g/mol. The lowest BCUT2D eigenvalue weighted by atomic mass is 10.2. The van der Waals surface area contributed by atoms with Crippen LogP contribution in [0.4, 0.5) is 0 Å². The van der Waals surface area contributed by atoms with E-state index in [-0.39, 0.29) is 17.7 Å². The van der Waals surface area contributed by atoms with Crippen LogP contribution in [0.1, 0.15) is 54.4 Å². The highest BCUT2D eigenvalue weighted by atomic mass is 31.0. The van der Waals surface area contributed by atoms with E-state index in [9.17, 15) is 9.59 Å². The predicted octanol–water partition coefficient (Wildman–Crippen LogP) is 1.88. The van der Waals surface area contributed by atoms with E-state index in [0.717, 1.165) is 6.54 Å². The van der Waals surface area contributed by atoms with Gasteiger partial charge in [0.15, 0.2) is 0 Å². The Morgan fingerprint density at radius 3 is 2.05 bits per heavy atom. The maximum atomic E-state index is 11.7. The maximum absolute atomic E-state index is 11.7. The molecule has 0 fully saturated rings. The van der Waals surface area contributed by atoms with Gasteiger partial charge in [-0.1, -0.05) is 50.9 Å². The van der Waals surface area contributed by atoms with Crippen molar-refractivity contribution in [2.75, 3.05) is 19.6 Å². The van der Waals surface area contributed by atoms with Gasteiger partial charge in [-0.2, -0.15) is 0 Å². The monoisotopic (exact) mass is 307 g/mol. The summed E-state index contributed by atoms with van der Waals surface area (Å²) in [5.41, 5.74) is 0. The summed E-state index contributed by atoms with van der Waals surface area (Å²) in [5, 5.41) is 8.68. The van der Waals surface area contributed by atoms with Gasteiger partial charge in [-0.3, -0.25) is 14.7 Å². The molecule has 20 heavy (non-hydrogen) atoms. The van der Waals surface area contributed by atoms with Gasteiger partial charge in [0.1, 0.15) is 5.78 Å². The molecule has 0 aromatic heterocycles. The predicted molar refractivity (Wildman–Crippen MR) is 90.8 cm³/mol. The quantitative estimate of drug-likeness (QED) is 0.569. The highest BCUT2D eigenvalue weighted by Crippen LogP contribution is 1.89. The summed E-state index contributed by atoms with van der Waals surface area (Å²) in [6.45, 7) is 13.5. The van der Waals surface area contributed by atoms with Crippen molar-refractivity contribution in [3.63, 3.8) is 0 Å². The molecule has 0 rings (SSSR count). The van der Waals surface area contributed by atoms with Gasteiger partial charge in [0.2, 0.25) is 5.91 Å². The number of likely N-dealkylation sites (N-methyl/N-ethyl adjacent to an activating group) is 1. The van der Waals surface area contributed by atoms with E-state index in [2.05, 4.69) is 25.1 Å². The molecule has 0 aliphatic heterocycles. The van der Waals surface area contributed by atoms with Crippen molar-refractivity contribution >= 4 is 21.1 Å². The van der Waals surface area contributed by atoms with Gasteiger partial charge < -0.3 is 10.6 Å². The Balaban J connectivity index is -0.000000656. The van der Waals surface area contributed by atoms with Crippen molar-refractivity contribution < 1.29 is 9.59 Å². The van der Waals surface area contributed by atoms with E-state index < -0.39 is 0 Å². The standard InChI is InChI=1S/C10H22N3O2P.2C2H6/c1-3-8(14)5-6-12-10(15)9(7-13-16)11-4-2;2*1-2/h9,11,13H,3-7,16H2,1-2H3,(H,12,15);2*1-2H3. The summed E-state index contributed by atoms with van der Waals surface area (Å²) in [5.74, 6) is 0.102. The van der Waals surface area contributed by atoms with Gasteiger partial charge in [0.05, 0.1) is 6.04 Å². The number of carbonyl (C=O) groups excluding carboxylic acids is 2. The lowest BCUT2D eigenvalue weighted by Crippen LogP contribution is -2.48. The molecule has 122 valence electrons. The van der Waals surface area contributed by atoms with Crippen LogP contribution in [0.2, 0.25) is 0 Å². The second kappa shape index (κ2) is 20.8. The summed E-state index contributed by atoms with van der Waals surface area (Å²) in [7, 11) is 2.37. The molecule has 0 radical (unpaired) electrons. The molecule has 6 heteroatoms. The molecule has 2 atom stereocenters. The van der Waals surface area contributed by atoms with Crippen LogP contribution >= 0.6 is 9.39 Å². The number of carbonyl (C=O) groups is 2. The minimum Gasteiger partial charge on any atom is -0.354 e. The first-order chi connectivity index (χ1) is 9.65. The first kappa shape index (κ1) is 24.5. The van der Waals surface area contributed by atoms with E-state index in [1.807, 2.05) is 41.5 Å². The van der Waals surface area contributed by atoms with E-state index >= 15 is 0 Å². The second-order valence-electron chi connectivity index (χ2n) is 3.45. The lowest BCUT2D eigenvalue weighted by molar-refractivity contribution is -0.123. The first-order valence-electron chi connectivity index (χ1n) is 7.61. The summed E-state index contributed by atoms with van der Waals surface area (Å²) in [6, 6.07) is -0.251. The highest BCUT2D eigenvalue weighted by molar-refractivity contribution is 7.13. The number of amides is 1. The number of rotatable bonds is 9. The van der Waals surface area contributed by atoms with Crippen LogP contribution in [-0.4, -0.2) is 37.4 Å². The Bertz CT molecular complexity index is 220. The molecular formula is C14H34N3O2P. The first-order valence-corrected chi connectivity index (χ1v) is 8.19. The molecule has 0 spiro atoms. The number of ketones is 1. The van der Waals surface area contributed by atoms with Gasteiger partial charge in [-0.05, 0) is 6.54 Å². The van der Waals surface area contributed by atoms with Crippen molar-refractivity contribution in [3.8, 4) is 0 Å². The van der Waals surface area contributed by atoms with Crippen molar-refractivity contribution in [1.82, 2.24) is 15.7 Å². The summed E-state index contributed by atoms with van der Waals surface area (Å²) >= 11 is 0. The van der Waals surface area contributed by atoms with E-state index in [1.54, 1.807) is 0 Å². The fraction of sp³-hybridized carbons (Fsp3) is 0.857. The molecule has 1 amide bonds. The molecule has 0 aromatic rings. The smallest absolute Gasteiger partial charge is 0.238 e. The van der Waals surface area contributed by atoms with Crippen molar-refractivity contribution in [2.24, 2.45) is 0 Å². The zero-order chi connectivity index (χ0) is 16.4. The Hall–Kier alpha value is -0.510. The SMILES string of the molecule is CC.CC.CCNC(CNP)C(=O)NCCC(=O)CC. The van der Waals surface area contributed by atoms with Crippen LogP contribution in [0, 0.1) is 0 Å². The highest BCUT2D eigenvalue weighted by Gasteiger charge is 2.15. The molecule has 5 nitrogen and oxygen atoms in total. The summed E-state index contributed by atoms with van der Waals surface area (Å²) in [6.07, 6.45) is 0.940. The summed E-state index contributed by atoms with van der Waals surface area (Å²) in [4.78, 5) is 22.7. The van der Waals surface area contributed by atoms with E-state index in [1.165, 1.54) is 0 Å². The van der Waals surface area contributed by atoms with Gasteiger partial charge in [0.25, 0.3) is 0 Å². The molecule has 0 aromatic carbocycles. The zero-order valence-electron chi connectivity index (χ0n) is 14.0. The van der Waals surface area contributed by atoms with Crippen LogP contribution in [0.25, 0.3) is 0 Å². The molecule has 0 heterocycles. The van der Waals surface area contributed by atoms with E-state index in [0.29, 0.717) is 25.9 Å². The molecule has 2 unspecified atom stereocenters. The molecule has 0 aliphatic rings. The molecule has 0 aliphatic carbocycles. The lowest BCUT2D eigenvalue weighted by Gasteiger charge is -2.16. The van der Waals surface area contributed by atoms with Crippen LogP contribution in [0.5, 0.6) is 0 Å².